The first-order valence-corrected chi connectivity index (χ1v) is 3.66. The lowest BCUT2D eigenvalue weighted by molar-refractivity contribution is 0.524. The summed E-state index contributed by atoms with van der Waals surface area (Å²) in [4.78, 5) is 0. The topological polar surface area (TPSA) is 39.2 Å². The summed E-state index contributed by atoms with van der Waals surface area (Å²) in [6, 6.07) is 3.88. The van der Waals surface area contributed by atoms with Gasteiger partial charge in [-0.05, 0) is 32.1 Å². The van der Waals surface area contributed by atoms with Gasteiger partial charge in [0.15, 0.2) is 0 Å². The quantitative estimate of drug-likeness (QED) is 0.701. The molecule has 0 unspecified atom stereocenters. The molecular weight excluding hydrogens is 138 g/mol. The summed E-state index contributed by atoms with van der Waals surface area (Å²) in [5.41, 5.74) is 6.54. The Kier molecular flexibility index (Phi) is 2.49. The van der Waals surface area contributed by atoms with E-state index in [2.05, 4.69) is 0 Å². The summed E-state index contributed by atoms with van der Waals surface area (Å²) in [7, 11) is 0. The Morgan fingerprint density at radius 1 is 1.64 bits per heavy atom. The van der Waals surface area contributed by atoms with Crippen LogP contribution < -0.4 is 5.73 Å². The van der Waals surface area contributed by atoms with Crippen LogP contribution in [0.3, 0.4) is 0 Å². The predicted octanol–water partition coefficient (Wildman–Crippen LogP) is 1.95. The van der Waals surface area contributed by atoms with E-state index in [4.69, 9.17) is 10.2 Å². The van der Waals surface area contributed by atoms with Crippen LogP contribution >= 0.6 is 0 Å². The van der Waals surface area contributed by atoms with Crippen LogP contribution in [0.5, 0.6) is 0 Å². The van der Waals surface area contributed by atoms with Crippen LogP contribution in [0.15, 0.2) is 22.1 Å². The summed E-state index contributed by atoms with van der Waals surface area (Å²) >= 11 is 0. The zero-order chi connectivity index (χ0) is 8.27. The van der Waals surface area contributed by atoms with Crippen molar-refractivity contribution >= 4 is 6.08 Å². The molecule has 0 aliphatic carbocycles. The molecule has 1 rings (SSSR count). The average molecular weight is 151 g/mol. The Morgan fingerprint density at radius 2 is 2.36 bits per heavy atom. The molecule has 0 fully saturated rings. The van der Waals surface area contributed by atoms with E-state index in [0.717, 1.165) is 17.1 Å². The molecule has 60 valence electrons. The Hall–Kier alpha value is -1.02. The lowest BCUT2D eigenvalue weighted by Crippen LogP contribution is -1.98. The molecule has 0 aliphatic heterocycles. The fourth-order valence-corrected chi connectivity index (χ4v) is 0.833. The molecule has 1 aromatic rings. The predicted molar refractivity (Wildman–Crippen MR) is 46.2 cm³/mol. The lowest BCUT2D eigenvalue weighted by atomic mass is 10.2. The molecule has 2 N–H and O–H groups in total. The third kappa shape index (κ3) is 2.24. The lowest BCUT2D eigenvalue weighted by Gasteiger charge is -1.91. The van der Waals surface area contributed by atoms with Crippen molar-refractivity contribution in [2.75, 3.05) is 6.54 Å². The maximum Gasteiger partial charge on any atom is 0.127 e. The number of aryl methyl sites for hydroxylation is 1. The fourth-order valence-electron chi connectivity index (χ4n) is 0.833. The molecule has 0 spiro atoms. The molecule has 0 saturated carbocycles. The molecule has 0 bridgehead atoms. The smallest absolute Gasteiger partial charge is 0.127 e. The van der Waals surface area contributed by atoms with Gasteiger partial charge in [0.2, 0.25) is 0 Å². The van der Waals surface area contributed by atoms with Crippen molar-refractivity contribution in [1.29, 1.82) is 0 Å². The second-order valence-corrected chi connectivity index (χ2v) is 2.64. The summed E-state index contributed by atoms with van der Waals surface area (Å²) in [5, 5.41) is 0. The molecule has 0 radical (unpaired) electrons. The first-order valence-electron chi connectivity index (χ1n) is 3.66. The maximum absolute atomic E-state index is 5.42. The molecule has 0 atom stereocenters. The second kappa shape index (κ2) is 3.39. The first-order chi connectivity index (χ1) is 5.22. The molecule has 0 amide bonds. The van der Waals surface area contributed by atoms with Crippen molar-refractivity contribution in [3.05, 3.63) is 29.2 Å². The average Bonchev–Trinajstić information content (AvgIpc) is 2.35. The highest BCUT2D eigenvalue weighted by Gasteiger charge is 1.93. The standard InChI is InChI=1S/C9H13NO/c1-7(6-10)5-9-4-3-8(2)11-9/h3-5H,6,10H2,1-2H3. The van der Waals surface area contributed by atoms with Crippen molar-refractivity contribution in [1.82, 2.24) is 0 Å². The molecular formula is C9H13NO. The van der Waals surface area contributed by atoms with E-state index in [-0.39, 0.29) is 0 Å². The van der Waals surface area contributed by atoms with Crippen molar-refractivity contribution in [3.8, 4) is 0 Å². The van der Waals surface area contributed by atoms with Crippen LogP contribution in [0.25, 0.3) is 6.08 Å². The second-order valence-electron chi connectivity index (χ2n) is 2.64. The van der Waals surface area contributed by atoms with E-state index in [9.17, 15) is 0 Å². The van der Waals surface area contributed by atoms with Gasteiger partial charge in [0.05, 0.1) is 0 Å². The van der Waals surface area contributed by atoms with Gasteiger partial charge >= 0.3 is 0 Å². The maximum atomic E-state index is 5.42. The molecule has 0 aromatic carbocycles. The van der Waals surface area contributed by atoms with Crippen molar-refractivity contribution < 1.29 is 4.42 Å². The van der Waals surface area contributed by atoms with Crippen LogP contribution in [-0.4, -0.2) is 6.54 Å². The molecule has 2 heteroatoms. The van der Waals surface area contributed by atoms with E-state index in [1.807, 2.05) is 32.1 Å². The van der Waals surface area contributed by atoms with E-state index >= 15 is 0 Å². The summed E-state index contributed by atoms with van der Waals surface area (Å²) in [5.74, 6) is 1.81. The molecule has 1 heterocycles. The van der Waals surface area contributed by atoms with Gasteiger partial charge in [0, 0.05) is 6.54 Å². The van der Waals surface area contributed by atoms with Gasteiger partial charge in [-0.2, -0.15) is 0 Å². The summed E-state index contributed by atoms with van der Waals surface area (Å²) < 4.78 is 5.32. The van der Waals surface area contributed by atoms with E-state index < -0.39 is 0 Å². The minimum atomic E-state index is 0.583. The van der Waals surface area contributed by atoms with Crippen molar-refractivity contribution in [2.45, 2.75) is 13.8 Å². The monoisotopic (exact) mass is 151 g/mol. The number of hydrogen-bond donors (Lipinski definition) is 1. The van der Waals surface area contributed by atoms with Gasteiger partial charge in [-0.1, -0.05) is 5.57 Å². The SMILES string of the molecule is CC(=Cc1ccc(C)o1)CN. The fraction of sp³-hybridized carbons (Fsp3) is 0.333. The van der Waals surface area contributed by atoms with Crippen molar-refractivity contribution in [2.24, 2.45) is 5.73 Å². The Bertz CT molecular complexity index is 260. The van der Waals surface area contributed by atoms with Gasteiger partial charge in [-0.3, -0.25) is 0 Å². The number of furan rings is 1. The van der Waals surface area contributed by atoms with Gasteiger partial charge < -0.3 is 10.2 Å². The molecule has 0 saturated heterocycles. The van der Waals surface area contributed by atoms with Crippen LogP contribution in [0.1, 0.15) is 18.4 Å². The van der Waals surface area contributed by atoms with Gasteiger partial charge in [0.1, 0.15) is 11.5 Å². The van der Waals surface area contributed by atoms with Gasteiger partial charge in [-0.15, -0.1) is 0 Å². The zero-order valence-electron chi connectivity index (χ0n) is 6.92. The van der Waals surface area contributed by atoms with Crippen LogP contribution in [0.4, 0.5) is 0 Å². The van der Waals surface area contributed by atoms with Crippen molar-refractivity contribution in [3.63, 3.8) is 0 Å². The Balaban J connectivity index is 2.78. The molecule has 1 aromatic heterocycles. The Labute approximate surface area is 66.7 Å². The first kappa shape index (κ1) is 8.08. The van der Waals surface area contributed by atoms with E-state index in [0.29, 0.717) is 6.54 Å². The van der Waals surface area contributed by atoms with Crippen LogP contribution in [0.2, 0.25) is 0 Å². The largest absolute Gasteiger partial charge is 0.462 e. The van der Waals surface area contributed by atoms with Crippen LogP contribution in [-0.2, 0) is 0 Å². The highest BCUT2D eigenvalue weighted by molar-refractivity contribution is 5.47. The normalized spacial score (nSPS) is 12.1. The highest BCUT2D eigenvalue weighted by atomic mass is 16.3. The minimum Gasteiger partial charge on any atom is -0.462 e. The number of nitrogens with two attached hydrogens (primary N) is 1. The highest BCUT2D eigenvalue weighted by Crippen LogP contribution is 2.09. The third-order valence-electron chi connectivity index (χ3n) is 1.47. The van der Waals surface area contributed by atoms with Gasteiger partial charge in [-0.25, -0.2) is 0 Å². The number of hydrogen-bond acceptors (Lipinski definition) is 2. The van der Waals surface area contributed by atoms with E-state index in [1.165, 1.54) is 0 Å². The molecule has 2 nitrogen and oxygen atoms in total. The van der Waals surface area contributed by atoms with Gasteiger partial charge in [0.25, 0.3) is 0 Å². The number of rotatable bonds is 2. The van der Waals surface area contributed by atoms with Crippen LogP contribution in [0, 0.1) is 6.92 Å². The van der Waals surface area contributed by atoms with E-state index in [1.54, 1.807) is 0 Å². The molecule has 0 aliphatic rings. The third-order valence-corrected chi connectivity index (χ3v) is 1.47. The molecule has 11 heavy (non-hydrogen) atoms. The Morgan fingerprint density at radius 3 is 2.82 bits per heavy atom. The summed E-state index contributed by atoms with van der Waals surface area (Å²) in [6.07, 6.45) is 1.95. The zero-order valence-corrected chi connectivity index (χ0v) is 6.92. The summed E-state index contributed by atoms with van der Waals surface area (Å²) in [6.45, 7) is 4.49. The minimum absolute atomic E-state index is 0.583.